The molecule has 23 heavy (non-hydrogen) atoms. The van der Waals surface area contributed by atoms with Gasteiger partial charge in [0, 0.05) is 0 Å². The smallest absolute Gasteiger partial charge is 0.137 e. The van der Waals surface area contributed by atoms with Crippen molar-refractivity contribution in [3.05, 3.63) is 12.7 Å². The second-order valence-corrected chi connectivity index (χ2v) is 7.33. The number of hydrogen-bond donors (Lipinski definition) is 0. The summed E-state index contributed by atoms with van der Waals surface area (Å²) in [6.45, 7) is 6.84. The van der Waals surface area contributed by atoms with Crippen molar-refractivity contribution in [1.82, 2.24) is 14.8 Å². The maximum Gasteiger partial charge on any atom is 0.137 e. The highest BCUT2D eigenvalue weighted by Gasteiger charge is 2.24. The zero-order valence-electron chi connectivity index (χ0n) is 15.9. The Morgan fingerprint density at radius 1 is 0.783 bits per heavy atom. The van der Waals surface area contributed by atoms with Gasteiger partial charge in [-0.15, -0.1) is 0 Å². The van der Waals surface area contributed by atoms with E-state index < -0.39 is 0 Å². The summed E-state index contributed by atoms with van der Waals surface area (Å²) in [7, 11) is 0. The van der Waals surface area contributed by atoms with Gasteiger partial charge in [0.2, 0.25) is 0 Å². The van der Waals surface area contributed by atoms with Crippen LogP contribution in [0.15, 0.2) is 12.7 Å². The van der Waals surface area contributed by atoms with E-state index in [0.717, 1.165) is 6.42 Å². The molecule has 0 saturated carbocycles. The zero-order valence-corrected chi connectivity index (χ0v) is 15.9. The topological polar surface area (TPSA) is 30.7 Å². The van der Waals surface area contributed by atoms with Crippen LogP contribution in [-0.2, 0) is 5.54 Å². The van der Waals surface area contributed by atoms with Gasteiger partial charge in [-0.05, 0) is 19.8 Å². The van der Waals surface area contributed by atoms with E-state index in [1.165, 1.54) is 83.5 Å². The summed E-state index contributed by atoms with van der Waals surface area (Å²) in [5.41, 5.74) is 0.148. The molecule has 1 aromatic rings. The van der Waals surface area contributed by atoms with Crippen LogP contribution in [0.5, 0.6) is 0 Å². The first-order chi connectivity index (χ1) is 11.2. The molecule has 0 aliphatic heterocycles. The van der Waals surface area contributed by atoms with Crippen LogP contribution in [0, 0.1) is 0 Å². The highest BCUT2D eigenvalue weighted by Crippen LogP contribution is 2.26. The van der Waals surface area contributed by atoms with Crippen molar-refractivity contribution < 1.29 is 0 Å². The molecule has 1 rings (SSSR count). The molecule has 1 unspecified atom stereocenters. The van der Waals surface area contributed by atoms with Crippen LogP contribution in [0.3, 0.4) is 0 Å². The van der Waals surface area contributed by atoms with Crippen LogP contribution >= 0.6 is 0 Å². The van der Waals surface area contributed by atoms with E-state index >= 15 is 0 Å². The first kappa shape index (κ1) is 20.2. The molecule has 0 saturated heterocycles. The van der Waals surface area contributed by atoms with Gasteiger partial charge in [-0.1, -0.05) is 90.9 Å². The Kier molecular flexibility index (Phi) is 11.0. The molecular formula is C20H39N3. The quantitative estimate of drug-likeness (QED) is 0.345. The third-order valence-corrected chi connectivity index (χ3v) is 5.30. The fourth-order valence-corrected chi connectivity index (χ4v) is 3.29. The average molecular weight is 322 g/mol. The minimum Gasteiger partial charge on any atom is -0.247 e. The SMILES string of the molecule is CCCCCCCCCCCCCCC(C)(CC)n1cncn1. The Balaban J connectivity index is 1.95. The second kappa shape index (κ2) is 12.5. The molecule has 3 heteroatoms. The van der Waals surface area contributed by atoms with Gasteiger partial charge in [0.05, 0.1) is 5.54 Å². The van der Waals surface area contributed by atoms with Crippen molar-refractivity contribution in [3.63, 3.8) is 0 Å². The maximum atomic E-state index is 4.34. The summed E-state index contributed by atoms with van der Waals surface area (Å²) in [5, 5.41) is 4.34. The summed E-state index contributed by atoms with van der Waals surface area (Å²) >= 11 is 0. The molecule has 0 aliphatic carbocycles. The van der Waals surface area contributed by atoms with Crippen LogP contribution in [0.2, 0.25) is 0 Å². The van der Waals surface area contributed by atoms with Crippen molar-refractivity contribution in [2.75, 3.05) is 0 Å². The molecule has 0 spiro atoms. The summed E-state index contributed by atoms with van der Waals surface area (Å²) < 4.78 is 2.05. The number of hydrogen-bond acceptors (Lipinski definition) is 2. The fourth-order valence-electron chi connectivity index (χ4n) is 3.29. The van der Waals surface area contributed by atoms with E-state index in [1.807, 2.05) is 11.0 Å². The number of unbranched alkanes of at least 4 members (excludes halogenated alkanes) is 11. The van der Waals surface area contributed by atoms with E-state index in [9.17, 15) is 0 Å². The van der Waals surface area contributed by atoms with Gasteiger partial charge < -0.3 is 0 Å². The van der Waals surface area contributed by atoms with E-state index in [4.69, 9.17) is 0 Å². The van der Waals surface area contributed by atoms with Crippen LogP contribution < -0.4 is 0 Å². The standard InChI is InChI=1S/C20H39N3/c1-4-6-7-8-9-10-11-12-13-14-15-16-17-20(3,5-2)23-19-21-18-22-23/h18-19H,4-17H2,1-3H3. The van der Waals surface area contributed by atoms with Gasteiger partial charge in [-0.3, -0.25) is 0 Å². The van der Waals surface area contributed by atoms with Crippen LogP contribution in [0.25, 0.3) is 0 Å². The lowest BCUT2D eigenvalue weighted by molar-refractivity contribution is 0.244. The minimum absolute atomic E-state index is 0.148. The number of aromatic nitrogens is 3. The molecule has 0 aliphatic rings. The van der Waals surface area contributed by atoms with E-state index in [1.54, 1.807) is 6.33 Å². The van der Waals surface area contributed by atoms with Gasteiger partial charge in [0.15, 0.2) is 0 Å². The molecular weight excluding hydrogens is 282 g/mol. The lowest BCUT2D eigenvalue weighted by Crippen LogP contribution is -2.29. The zero-order chi connectivity index (χ0) is 16.8. The highest BCUT2D eigenvalue weighted by atomic mass is 15.3. The second-order valence-electron chi connectivity index (χ2n) is 7.33. The van der Waals surface area contributed by atoms with Crippen molar-refractivity contribution >= 4 is 0 Å². The van der Waals surface area contributed by atoms with Gasteiger partial charge >= 0.3 is 0 Å². The summed E-state index contributed by atoms with van der Waals surface area (Å²) in [6.07, 6.45) is 22.8. The fraction of sp³-hybridized carbons (Fsp3) is 0.900. The molecule has 3 nitrogen and oxygen atoms in total. The molecule has 0 amide bonds. The van der Waals surface area contributed by atoms with Gasteiger partial charge in [-0.2, -0.15) is 5.10 Å². The monoisotopic (exact) mass is 321 g/mol. The van der Waals surface area contributed by atoms with E-state index in [0.29, 0.717) is 0 Å². The highest BCUT2D eigenvalue weighted by molar-refractivity contribution is 4.80. The summed E-state index contributed by atoms with van der Waals surface area (Å²) in [4.78, 5) is 4.10. The average Bonchev–Trinajstić information content (AvgIpc) is 3.11. The molecule has 1 aromatic heterocycles. The van der Waals surface area contributed by atoms with Crippen molar-refractivity contribution in [1.29, 1.82) is 0 Å². The molecule has 134 valence electrons. The van der Waals surface area contributed by atoms with Crippen LogP contribution in [0.1, 0.15) is 111 Å². The van der Waals surface area contributed by atoms with Gasteiger partial charge in [-0.25, -0.2) is 9.67 Å². The number of nitrogens with zero attached hydrogens (tertiary/aromatic N) is 3. The Morgan fingerprint density at radius 3 is 1.74 bits per heavy atom. The molecule has 0 bridgehead atoms. The molecule has 0 radical (unpaired) electrons. The molecule has 0 aromatic carbocycles. The van der Waals surface area contributed by atoms with E-state index in [2.05, 4.69) is 30.9 Å². The van der Waals surface area contributed by atoms with Crippen molar-refractivity contribution in [3.8, 4) is 0 Å². The maximum absolute atomic E-state index is 4.34. The first-order valence-electron chi connectivity index (χ1n) is 10.1. The Morgan fingerprint density at radius 2 is 1.30 bits per heavy atom. The summed E-state index contributed by atoms with van der Waals surface area (Å²) in [5.74, 6) is 0. The number of rotatable bonds is 15. The van der Waals surface area contributed by atoms with Gasteiger partial charge in [0.1, 0.15) is 12.7 Å². The molecule has 0 fully saturated rings. The Labute approximate surface area is 144 Å². The van der Waals surface area contributed by atoms with Crippen LogP contribution in [-0.4, -0.2) is 14.8 Å². The van der Waals surface area contributed by atoms with E-state index in [-0.39, 0.29) is 5.54 Å². The Hall–Kier alpha value is -0.860. The third kappa shape index (κ3) is 8.53. The normalized spacial score (nSPS) is 14.0. The first-order valence-corrected chi connectivity index (χ1v) is 10.1. The van der Waals surface area contributed by atoms with Gasteiger partial charge in [0.25, 0.3) is 0 Å². The third-order valence-electron chi connectivity index (χ3n) is 5.30. The lowest BCUT2D eigenvalue weighted by Gasteiger charge is -2.28. The van der Waals surface area contributed by atoms with Crippen LogP contribution in [0.4, 0.5) is 0 Å². The van der Waals surface area contributed by atoms with Crippen molar-refractivity contribution in [2.45, 2.75) is 116 Å². The lowest BCUT2D eigenvalue weighted by atomic mass is 9.91. The largest absolute Gasteiger partial charge is 0.247 e. The Bertz CT molecular complexity index is 361. The molecule has 1 atom stereocenters. The predicted molar refractivity (Wildman–Crippen MR) is 99.7 cm³/mol. The minimum atomic E-state index is 0.148. The summed E-state index contributed by atoms with van der Waals surface area (Å²) in [6, 6.07) is 0. The molecule has 1 heterocycles. The van der Waals surface area contributed by atoms with Crippen molar-refractivity contribution in [2.24, 2.45) is 0 Å². The molecule has 0 N–H and O–H groups in total. The predicted octanol–water partition coefficient (Wildman–Crippen LogP) is 6.49.